The van der Waals surface area contributed by atoms with Crippen LogP contribution in [0, 0.1) is 5.41 Å². The number of hydrogen-bond acceptors (Lipinski definition) is 2. The second kappa shape index (κ2) is 7.46. The molecule has 0 amide bonds. The standard InChI is InChI=1S/C15H25NO/c1-15(2,3)13-16-10-7-11-17-12-14-8-5-4-6-9-14/h4-6,8-9,16H,7,10-13H2,1-3H3. The number of ether oxygens (including phenoxy) is 1. The first-order chi connectivity index (χ1) is 8.08. The van der Waals surface area contributed by atoms with Crippen molar-refractivity contribution in [2.75, 3.05) is 19.7 Å². The predicted molar refractivity (Wildman–Crippen MR) is 73.0 cm³/mol. The van der Waals surface area contributed by atoms with E-state index in [1.165, 1.54) is 5.56 Å². The molecule has 0 aliphatic rings. The lowest BCUT2D eigenvalue weighted by molar-refractivity contribution is 0.118. The second-order valence-corrected chi connectivity index (χ2v) is 5.63. The monoisotopic (exact) mass is 235 g/mol. The summed E-state index contributed by atoms with van der Waals surface area (Å²) in [6.07, 6.45) is 1.07. The first-order valence-electron chi connectivity index (χ1n) is 6.40. The summed E-state index contributed by atoms with van der Waals surface area (Å²) >= 11 is 0. The molecule has 1 aromatic rings. The van der Waals surface area contributed by atoms with Crippen molar-refractivity contribution in [1.29, 1.82) is 0 Å². The molecule has 0 fully saturated rings. The van der Waals surface area contributed by atoms with Crippen LogP contribution in [0.15, 0.2) is 30.3 Å². The van der Waals surface area contributed by atoms with Crippen LogP contribution in [-0.4, -0.2) is 19.7 Å². The number of rotatable bonds is 7. The summed E-state index contributed by atoms with van der Waals surface area (Å²) in [7, 11) is 0. The second-order valence-electron chi connectivity index (χ2n) is 5.63. The van der Waals surface area contributed by atoms with Crippen LogP contribution >= 0.6 is 0 Å². The highest BCUT2D eigenvalue weighted by Gasteiger charge is 2.07. The molecule has 0 aliphatic heterocycles. The van der Waals surface area contributed by atoms with Gasteiger partial charge in [-0.1, -0.05) is 51.1 Å². The average Bonchev–Trinajstić information content (AvgIpc) is 2.28. The molecule has 2 nitrogen and oxygen atoms in total. The lowest BCUT2D eigenvalue weighted by atomic mass is 9.97. The van der Waals surface area contributed by atoms with Gasteiger partial charge in [-0.3, -0.25) is 0 Å². The van der Waals surface area contributed by atoms with Gasteiger partial charge < -0.3 is 10.1 Å². The molecule has 0 unspecified atom stereocenters. The molecule has 2 heteroatoms. The molecule has 0 atom stereocenters. The summed E-state index contributed by atoms with van der Waals surface area (Å²) in [5.74, 6) is 0. The normalized spacial score (nSPS) is 11.7. The van der Waals surface area contributed by atoms with Crippen LogP contribution < -0.4 is 5.32 Å². The van der Waals surface area contributed by atoms with Gasteiger partial charge in [0.15, 0.2) is 0 Å². The van der Waals surface area contributed by atoms with Crippen molar-refractivity contribution in [2.45, 2.75) is 33.8 Å². The third kappa shape index (κ3) is 7.94. The van der Waals surface area contributed by atoms with Gasteiger partial charge >= 0.3 is 0 Å². The predicted octanol–water partition coefficient (Wildman–Crippen LogP) is 3.23. The minimum Gasteiger partial charge on any atom is -0.377 e. The highest BCUT2D eigenvalue weighted by molar-refractivity contribution is 5.13. The van der Waals surface area contributed by atoms with E-state index in [1.54, 1.807) is 0 Å². The van der Waals surface area contributed by atoms with E-state index in [-0.39, 0.29) is 0 Å². The van der Waals surface area contributed by atoms with Gasteiger partial charge in [0.2, 0.25) is 0 Å². The van der Waals surface area contributed by atoms with Crippen molar-refractivity contribution < 1.29 is 4.74 Å². The van der Waals surface area contributed by atoms with Crippen molar-refractivity contribution >= 4 is 0 Å². The van der Waals surface area contributed by atoms with E-state index in [2.05, 4.69) is 38.2 Å². The summed E-state index contributed by atoms with van der Waals surface area (Å²) in [4.78, 5) is 0. The summed E-state index contributed by atoms with van der Waals surface area (Å²) < 4.78 is 5.61. The smallest absolute Gasteiger partial charge is 0.0716 e. The van der Waals surface area contributed by atoms with Gasteiger partial charge in [-0.05, 0) is 30.5 Å². The minimum atomic E-state index is 0.366. The Morgan fingerprint density at radius 3 is 2.47 bits per heavy atom. The number of hydrogen-bond donors (Lipinski definition) is 1. The topological polar surface area (TPSA) is 21.3 Å². The Morgan fingerprint density at radius 2 is 1.82 bits per heavy atom. The van der Waals surface area contributed by atoms with Crippen LogP contribution in [0.3, 0.4) is 0 Å². The van der Waals surface area contributed by atoms with Gasteiger partial charge in [-0.25, -0.2) is 0 Å². The zero-order valence-electron chi connectivity index (χ0n) is 11.3. The van der Waals surface area contributed by atoms with Crippen LogP contribution in [0.25, 0.3) is 0 Å². The molecule has 1 N–H and O–H groups in total. The quantitative estimate of drug-likeness (QED) is 0.733. The largest absolute Gasteiger partial charge is 0.377 e. The molecule has 96 valence electrons. The molecule has 17 heavy (non-hydrogen) atoms. The Labute approximate surface area is 105 Å². The SMILES string of the molecule is CC(C)(C)CNCCCOCc1ccccc1. The molecule has 0 aliphatic carbocycles. The summed E-state index contributed by atoms with van der Waals surface area (Å²) in [6, 6.07) is 10.3. The van der Waals surface area contributed by atoms with Crippen molar-refractivity contribution in [3.8, 4) is 0 Å². The fourth-order valence-electron chi connectivity index (χ4n) is 1.53. The van der Waals surface area contributed by atoms with E-state index >= 15 is 0 Å². The fourth-order valence-corrected chi connectivity index (χ4v) is 1.53. The van der Waals surface area contributed by atoms with Gasteiger partial charge in [0.1, 0.15) is 0 Å². The first kappa shape index (κ1) is 14.2. The Hall–Kier alpha value is -0.860. The van der Waals surface area contributed by atoms with Crippen molar-refractivity contribution in [3.05, 3.63) is 35.9 Å². The Kier molecular flexibility index (Phi) is 6.23. The van der Waals surface area contributed by atoms with Crippen molar-refractivity contribution in [2.24, 2.45) is 5.41 Å². The molecular formula is C15H25NO. The molecule has 0 heterocycles. The van der Waals surface area contributed by atoms with E-state index in [9.17, 15) is 0 Å². The number of benzene rings is 1. The molecule has 0 bridgehead atoms. The van der Waals surface area contributed by atoms with Crippen LogP contribution in [0.5, 0.6) is 0 Å². The molecule has 1 aromatic carbocycles. The fraction of sp³-hybridized carbons (Fsp3) is 0.600. The molecule has 0 aromatic heterocycles. The Morgan fingerprint density at radius 1 is 1.12 bits per heavy atom. The molecule has 1 rings (SSSR count). The maximum atomic E-state index is 5.61. The minimum absolute atomic E-state index is 0.366. The highest BCUT2D eigenvalue weighted by Crippen LogP contribution is 2.09. The van der Waals surface area contributed by atoms with Gasteiger partial charge in [0.05, 0.1) is 6.61 Å². The molecule has 0 spiro atoms. The van der Waals surface area contributed by atoms with Crippen LogP contribution in [0.4, 0.5) is 0 Å². The zero-order valence-corrected chi connectivity index (χ0v) is 11.3. The van der Waals surface area contributed by atoms with E-state index in [0.717, 1.165) is 32.7 Å². The lowest BCUT2D eigenvalue weighted by Gasteiger charge is -2.18. The maximum Gasteiger partial charge on any atom is 0.0716 e. The summed E-state index contributed by atoms with van der Waals surface area (Å²) in [6.45, 7) is 10.4. The molecular weight excluding hydrogens is 210 g/mol. The van der Waals surface area contributed by atoms with E-state index in [1.807, 2.05) is 18.2 Å². The molecule has 0 radical (unpaired) electrons. The Bertz CT molecular complexity index is 290. The average molecular weight is 235 g/mol. The van der Waals surface area contributed by atoms with Crippen LogP contribution in [0.2, 0.25) is 0 Å². The van der Waals surface area contributed by atoms with Gasteiger partial charge in [0, 0.05) is 6.61 Å². The van der Waals surface area contributed by atoms with Crippen molar-refractivity contribution in [1.82, 2.24) is 5.32 Å². The van der Waals surface area contributed by atoms with E-state index < -0.39 is 0 Å². The third-order valence-corrected chi connectivity index (χ3v) is 2.41. The molecule has 0 saturated carbocycles. The van der Waals surface area contributed by atoms with Crippen LogP contribution in [-0.2, 0) is 11.3 Å². The van der Waals surface area contributed by atoms with Gasteiger partial charge in [0.25, 0.3) is 0 Å². The Balaban J connectivity index is 1.95. The lowest BCUT2D eigenvalue weighted by Crippen LogP contribution is -2.28. The summed E-state index contributed by atoms with van der Waals surface area (Å²) in [5, 5.41) is 3.44. The summed E-state index contributed by atoms with van der Waals surface area (Å²) in [5.41, 5.74) is 1.61. The molecule has 0 saturated heterocycles. The van der Waals surface area contributed by atoms with Gasteiger partial charge in [-0.15, -0.1) is 0 Å². The highest BCUT2D eigenvalue weighted by atomic mass is 16.5. The maximum absolute atomic E-state index is 5.61. The number of nitrogens with one attached hydrogen (secondary N) is 1. The third-order valence-electron chi connectivity index (χ3n) is 2.41. The van der Waals surface area contributed by atoms with Crippen LogP contribution in [0.1, 0.15) is 32.8 Å². The van der Waals surface area contributed by atoms with E-state index in [4.69, 9.17) is 4.74 Å². The zero-order chi connectivity index (χ0) is 12.6. The van der Waals surface area contributed by atoms with E-state index in [0.29, 0.717) is 5.41 Å². The van der Waals surface area contributed by atoms with Crippen molar-refractivity contribution in [3.63, 3.8) is 0 Å². The first-order valence-corrected chi connectivity index (χ1v) is 6.40. The van der Waals surface area contributed by atoms with Gasteiger partial charge in [-0.2, -0.15) is 0 Å².